The number of nitrogens with one attached hydrogen (secondary N) is 1. The Morgan fingerprint density at radius 3 is 2.67 bits per heavy atom. The molecule has 0 radical (unpaired) electrons. The molecule has 2 heterocycles. The van der Waals surface area contributed by atoms with Crippen molar-refractivity contribution in [1.29, 1.82) is 0 Å². The maximum absolute atomic E-state index is 13.4. The quantitative estimate of drug-likeness (QED) is 0.483. The van der Waals surface area contributed by atoms with E-state index in [1.54, 1.807) is 12.1 Å². The fourth-order valence-corrected chi connectivity index (χ4v) is 4.27. The average molecular weight is 421 g/mol. The second-order valence-corrected chi connectivity index (χ2v) is 8.04. The van der Waals surface area contributed by atoms with E-state index in [2.05, 4.69) is 15.3 Å². The molecule has 0 fully saturated rings. The number of thiophene rings is 1. The topological polar surface area (TPSA) is 58.1 Å². The molecule has 4 aromatic rings. The number of rotatable bonds is 5. The molecule has 1 amide bonds. The van der Waals surface area contributed by atoms with Crippen LogP contribution in [0.4, 0.5) is 15.9 Å². The first-order valence-corrected chi connectivity index (χ1v) is 10.4. The zero-order valence-corrected chi connectivity index (χ0v) is 17.8. The zero-order valence-electron chi connectivity index (χ0n) is 16.9. The van der Waals surface area contributed by atoms with Crippen LogP contribution in [-0.4, -0.2) is 29.5 Å². The van der Waals surface area contributed by atoms with Gasteiger partial charge in [0, 0.05) is 23.7 Å². The minimum absolute atomic E-state index is 0.128. The summed E-state index contributed by atoms with van der Waals surface area (Å²) in [6, 6.07) is 12.2. The van der Waals surface area contributed by atoms with Crippen molar-refractivity contribution in [2.45, 2.75) is 13.8 Å². The minimum atomic E-state index is -0.282. The lowest BCUT2D eigenvalue weighted by Crippen LogP contribution is -2.31. The van der Waals surface area contributed by atoms with Gasteiger partial charge >= 0.3 is 0 Å². The lowest BCUT2D eigenvalue weighted by atomic mass is 10.1. The van der Waals surface area contributed by atoms with Crippen LogP contribution in [0.5, 0.6) is 0 Å². The Morgan fingerprint density at radius 2 is 1.90 bits per heavy atom. The van der Waals surface area contributed by atoms with Gasteiger partial charge in [0.1, 0.15) is 22.8 Å². The van der Waals surface area contributed by atoms with Gasteiger partial charge in [-0.25, -0.2) is 14.4 Å². The Hall–Kier alpha value is -3.32. The van der Waals surface area contributed by atoms with Crippen LogP contribution in [0, 0.1) is 19.7 Å². The normalized spacial score (nSPS) is 10.9. The van der Waals surface area contributed by atoms with Crippen LogP contribution in [0.2, 0.25) is 0 Å². The number of hydrogen-bond acceptors (Lipinski definition) is 5. The van der Waals surface area contributed by atoms with Crippen LogP contribution in [0.15, 0.2) is 54.2 Å². The molecule has 152 valence electrons. The Kier molecular flexibility index (Phi) is 5.46. The van der Waals surface area contributed by atoms with Gasteiger partial charge in [-0.3, -0.25) is 4.79 Å². The number of nitrogens with zero attached hydrogens (tertiary/aromatic N) is 3. The van der Waals surface area contributed by atoms with Gasteiger partial charge in [-0.2, -0.15) is 0 Å². The molecule has 4 rings (SSSR count). The fraction of sp³-hybridized carbons (Fsp3) is 0.174. The van der Waals surface area contributed by atoms with Crippen LogP contribution in [0.3, 0.4) is 0 Å². The van der Waals surface area contributed by atoms with Crippen molar-refractivity contribution in [2.75, 3.05) is 23.8 Å². The Bertz CT molecular complexity index is 1220. The number of likely N-dealkylation sites (N-methyl/N-ethyl adjacent to an activating group) is 1. The van der Waals surface area contributed by atoms with E-state index < -0.39 is 0 Å². The van der Waals surface area contributed by atoms with E-state index in [4.69, 9.17) is 0 Å². The van der Waals surface area contributed by atoms with Gasteiger partial charge in [0.05, 0.1) is 11.9 Å². The second kappa shape index (κ2) is 8.20. The molecule has 0 aliphatic carbocycles. The van der Waals surface area contributed by atoms with Crippen LogP contribution in [-0.2, 0) is 4.79 Å². The number of hydrogen-bond donors (Lipinski definition) is 1. The molecular weight excluding hydrogens is 399 g/mol. The maximum atomic E-state index is 13.4. The van der Waals surface area contributed by atoms with Crippen molar-refractivity contribution in [3.63, 3.8) is 0 Å². The van der Waals surface area contributed by atoms with Crippen molar-refractivity contribution in [1.82, 2.24) is 9.97 Å². The number of benzene rings is 2. The molecule has 0 saturated carbocycles. The number of carbonyl (C=O) groups excluding carboxylic acids is 1. The molecule has 0 aliphatic rings. The highest BCUT2D eigenvalue weighted by molar-refractivity contribution is 7.17. The van der Waals surface area contributed by atoms with Gasteiger partial charge in [-0.05, 0) is 48.7 Å². The summed E-state index contributed by atoms with van der Waals surface area (Å²) < 4.78 is 13.4. The summed E-state index contributed by atoms with van der Waals surface area (Å²) in [6.45, 7) is 4.14. The van der Waals surface area contributed by atoms with E-state index in [-0.39, 0.29) is 18.3 Å². The molecule has 0 bridgehead atoms. The van der Waals surface area contributed by atoms with Gasteiger partial charge in [0.25, 0.3) is 0 Å². The Labute approximate surface area is 178 Å². The van der Waals surface area contributed by atoms with E-state index >= 15 is 0 Å². The number of aryl methyl sites for hydroxylation is 1. The van der Waals surface area contributed by atoms with Gasteiger partial charge < -0.3 is 10.2 Å². The van der Waals surface area contributed by atoms with Crippen LogP contribution in [0.25, 0.3) is 21.3 Å². The van der Waals surface area contributed by atoms with Gasteiger partial charge in [0.15, 0.2) is 0 Å². The predicted molar refractivity (Wildman–Crippen MR) is 121 cm³/mol. The summed E-state index contributed by atoms with van der Waals surface area (Å²) in [4.78, 5) is 24.1. The monoisotopic (exact) mass is 420 g/mol. The first kappa shape index (κ1) is 20.0. The summed E-state index contributed by atoms with van der Waals surface area (Å²) >= 11 is 1.50. The largest absolute Gasteiger partial charge is 0.350 e. The number of amides is 1. The predicted octanol–water partition coefficient (Wildman–Crippen LogP) is 5.19. The molecule has 0 aliphatic heterocycles. The highest BCUT2D eigenvalue weighted by atomic mass is 32.1. The zero-order chi connectivity index (χ0) is 21.3. The summed E-state index contributed by atoms with van der Waals surface area (Å²) in [5, 5.41) is 5.83. The molecular formula is C23H21FN4OS. The summed E-state index contributed by atoms with van der Waals surface area (Å²) in [6.07, 6.45) is 1.50. The molecule has 30 heavy (non-hydrogen) atoms. The van der Waals surface area contributed by atoms with Gasteiger partial charge in [0.2, 0.25) is 5.91 Å². The van der Waals surface area contributed by atoms with Crippen molar-refractivity contribution < 1.29 is 9.18 Å². The smallest absolute Gasteiger partial charge is 0.243 e. The van der Waals surface area contributed by atoms with Gasteiger partial charge in [-0.15, -0.1) is 11.3 Å². The third-order valence-corrected chi connectivity index (χ3v) is 6.01. The highest BCUT2D eigenvalue weighted by Gasteiger charge is 2.18. The number of halogens is 1. The highest BCUT2D eigenvalue weighted by Crippen LogP contribution is 2.37. The lowest BCUT2D eigenvalue weighted by Gasteiger charge is -2.19. The molecule has 5 nitrogen and oxygen atoms in total. The van der Waals surface area contributed by atoms with Crippen molar-refractivity contribution >= 4 is 39.0 Å². The summed E-state index contributed by atoms with van der Waals surface area (Å²) in [7, 11) is 1.83. The third-order valence-electron chi connectivity index (χ3n) is 5.13. The second-order valence-electron chi connectivity index (χ2n) is 7.19. The molecule has 1 N–H and O–H groups in total. The van der Waals surface area contributed by atoms with Crippen LogP contribution < -0.4 is 10.2 Å². The first-order valence-electron chi connectivity index (χ1n) is 9.49. The van der Waals surface area contributed by atoms with Crippen LogP contribution in [0.1, 0.15) is 11.1 Å². The van der Waals surface area contributed by atoms with Crippen molar-refractivity contribution in [2.24, 2.45) is 0 Å². The van der Waals surface area contributed by atoms with Crippen molar-refractivity contribution in [3.05, 3.63) is 71.1 Å². The van der Waals surface area contributed by atoms with E-state index in [9.17, 15) is 9.18 Å². The lowest BCUT2D eigenvalue weighted by molar-refractivity contribution is -0.114. The minimum Gasteiger partial charge on any atom is -0.350 e. The standard InChI is InChI=1S/C23H21FN4OS/c1-14-5-4-6-19(15(14)2)27-20(29)11-28(3)22-21-18(12-30-23(21)26-13-25-22)16-7-9-17(24)10-8-16/h4-10,12-13H,11H2,1-3H3,(H,27,29). The molecule has 7 heteroatoms. The van der Waals surface area contributed by atoms with E-state index in [1.807, 2.05) is 49.4 Å². The van der Waals surface area contributed by atoms with E-state index in [0.29, 0.717) is 5.82 Å². The number of fused-ring (bicyclic) bond motifs is 1. The number of carbonyl (C=O) groups is 1. The molecule has 0 atom stereocenters. The first-order chi connectivity index (χ1) is 14.4. The third kappa shape index (κ3) is 3.89. The molecule has 0 unspecified atom stereocenters. The average Bonchev–Trinajstić information content (AvgIpc) is 3.16. The van der Waals surface area contributed by atoms with Crippen LogP contribution >= 0.6 is 11.3 Å². The van der Waals surface area contributed by atoms with E-state index in [1.165, 1.54) is 29.8 Å². The van der Waals surface area contributed by atoms with Gasteiger partial charge in [-0.1, -0.05) is 24.3 Å². The summed E-state index contributed by atoms with van der Waals surface area (Å²) in [5.41, 5.74) is 4.79. The van der Waals surface area contributed by atoms with E-state index in [0.717, 1.165) is 38.2 Å². The number of anilines is 2. The fourth-order valence-electron chi connectivity index (χ4n) is 3.36. The molecule has 2 aromatic heterocycles. The SMILES string of the molecule is Cc1cccc(NC(=O)CN(C)c2ncnc3scc(-c4ccc(F)cc4)c23)c1C. The molecule has 0 spiro atoms. The Morgan fingerprint density at radius 1 is 1.13 bits per heavy atom. The maximum Gasteiger partial charge on any atom is 0.243 e. The summed E-state index contributed by atoms with van der Waals surface area (Å²) in [5.74, 6) is 0.253. The Balaban J connectivity index is 1.62. The number of aromatic nitrogens is 2. The molecule has 0 saturated heterocycles. The van der Waals surface area contributed by atoms with Crippen molar-refractivity contribution in [3.8, 4) is 11.1 Å². The molecule has 2 aromatic carbocycles.